The Morgan fingerprint density at radius 3 is 1.89 bits per heavy atom. The normalized spacial score (nSPS) is 15.6. The highest BCUT2D eigenvalue weighted by Gasteiger charge is 2.35. The second-order valence-corrected chi connectivity index (χ2v) is 6.27. The minimum Gasteiger partial charge on any atom is -0.305 e. The molecule has 0 aromatic rings. The highest BCUT2D eigenvalue weighted by atomic mass is 16.1. The van der Waals surface area contributed by atoms with Crippen LogP contribution in [0.15, 0.2) is 0 Å². The molecule has 0 aromatic carbocycles. The molecule has 0 saturated heterocycles. The van der Waals surface area contributed by atoms with Gasteiger partial charge in [-0.15, -0.1) is 0 Å². The fourth-order valence-electron chi connectivity index (χ4n) is 2.55. The quantitative estimate of drug-likeness (QED) is 0.725. The van der Waals surface area contributed by atoms with Gasteiger partial charge in [-0.1, -0.05) is 34.6 Å². The smallest absolute Gasteiger partial charge is 0.147 e. The Morgan fingerprint density at radius 2 is 1.61 bits per heavy atom. The Labute approximate surface area is 112 Å². The Morgan fingerprint density at radius 1 is 1.11 bits per heavy atom. The van der Waals surface area contributed by atoms with Gasteiger partial charge in [0.05, 0.1) is 6.04 Å². The molecule has 1 N–H and O–H groups in total. The van der Waals surface area contributed by atoms with Crippen LogP contribution < -0.4 is 5.32 Å². The number of rotatable bonds is 8. The first-order valence-electron chi connectivity index (χ1n) is 6.88. The van der Waals surface area contributed by atoms with Crippen molar-refractivity contribution in [3.63, 3.8) is 0 Å². The SMILES string of the molecule is CCC(CC(C)(C)C(NC(C)C)C(C)=O)C(C)=O. The molecular formula is C15H29NO2. The molecule has 3 heteroatoms. The topological polar surface area (TPSA) is 46.2 Å². The fraction of sp³-hybridized carbons (Fsp3) is 0.867. The van der Waals surface area contributed by atoms with Gasteiger partial charge >= 0.3 is 0 Å². The molecule has 0 radical (unpaired) electrons. The van der Waals surface area contributed by atoms with Crippen LogP contribution in [0.1, 0.15) is 61.3 Å². The Balaban J connectivity index is 4.93. The van der Waals surface area contributed by atoms with Crippen LogP contribution in [0.2, 0.25) is 0 Å². The van der Waals surface area contributed by atoms with E-state index in [1.807, 2.05) is 20.8 Å². The van der Waals surface area contributed by atoms with Gasteiger partial charge in [0.1, 0.15) is 11.6 Å². The zero-order chi connectivity index (χ0) is 14.5. The fourth-order valence-corrected chi connectivity index (χ4v) is 2.55. The summed E-state index contributed by atoms with van der Waals surface area (Å²) in [6.45, 7) is 13.5. The van der Waals surface area contributed by atoms with Gasteiger partial charge in [0.15, 0.2) is 0 Å². The number of Topliss-reactive ketones (excluding diaryl/α,β-unsaturated/α-hetero) is 2. The minimum absolute atomic E-state index is 0.0517. The second-order valence-electron chi connectivity index (χ2n) is 6.27. The van der Waals surface area contributed by atoms with E-state index >= 15 is 0 Å². The maximum atomic E-state index is 11.8. The molecule has 0 aliphatic heterocycles. The lowest BCUT2D eigenvalue weighted by Gasteiger charge is -2.36. The first-order chi connectivity index (χ1) is 8.11. The van der Waals surface area contributed by atoms with Crippen LogP contribution in [0, 0.1) is 11.3 Å². The van der Waals surface area contributed by atoms with E-state index in [0.29, 0.717) is 0 Å². The molecule has 0 rings (SSSR count). The lowest BCUT2D eigenvalue weighted by molar-refractivity contribution is -0.125. The lowest BCUT2D eigenvalue weighted by atomic mass is 9.73. The van der Waals surface area contributed by atoms with Crippen molar-refractivity contribution in [2.24, 2.45) is 11.3 Å². The van der Waals surface area contributed by atoms with E-state index in [1.54, 1.807) is 13.8 Å². The van der Waals surface area contributed by atoms with Crippen molar-refractivity contribution in [3.05, 3.63) is 0 Å². The predicted octanol–water partition coefficient (Wildman–Crippen LogP) is 2.97. The summed E-state index contributed by atoms with van der Waals surface area (Å²) < 4.78 is 0. The van der Waals surface area contributed by atoms with Crippen LogP contribution in [0.3, 0.4) is 0 Å². The predicted molar refractivity (Wildman–Crippen MR) is 75.6 cm³/mol. The molecule has 0 saturated carbocycles. The largest absolute Gasteiger partial charge is 0.305 e. The summed E-state index contributed by atoms with van der Waals surface area (Å²) in [7, 11) is 0. The number of hydrogen-bond acceptors (Lipinski definition) is 3. The van der Waals surface area contributed by atoms with Crippen LogP contribution in [-0.4, -0.2) is 23.7 Å². The summed E-state index contributed by atoms with van der Waals surface area (Å²) in [5.74, 6) is 0.417. The average molecular weight is 255 g/mol. The van der Waals surface area contributed by atoms with Gasteiger partial charge in [-0.25, -0.2) is 0 Å². The standard InChI is InChI=1S/C15H29NO2/c1-8-13(11(4)17)9-15(6,7)14(12(5)18)16-10(2)3/h10,13-14,16H,8-9H2,1-7H3. The molecule has 0 fully saturated rings. The van der Waals surface area contributed by atoms with E-state index in [-0.39, 0.29) is 35.0 Å². The van der Waals surface area contributed by atoms with Crippen molar-refractivity contribution in [2.75, 3.05) is 0 Å². The Hall–Kier alpha value is -0.700. The van der Waals surface area contributed by atoms with Gasteiger partial charge in [0.25, 0.3) is 0 Å². The van der Waals surface area contributed by atoms with Crippen molar-refractivity contribution in [1.29, 1.82) is 0 Å². The lowest BCUT2D eigenvalue weighted by Crippen LogP contribution is -2.50. The molecule has 3 nitrogen and oxygen atoms in total. The van der Waals surface area contributed by atoms with Gasteiger partial charge in [0.2, 0.25) is 0 Å². The summed E-state index contributed by atoms with van der Waals surface area (Å²) in [6, 6.07) is 0.0708. The van der Waals surface area contributed by atoms with Crippen molar-refractivity contribution in [2.45, 2.75) is 73.4 Å². The monoisotopic (exact) mass is 255 g/mol. The van der Waals surface area contributed by atoms with Crippen LogP contribution >= 0.6 is 0 Å². The van der Waals surface area contributed by atoms with Gasteiger partial charge in [-0.2, -0.15) is 0 Å². The zero-order valence-corrected chi connectivity index (χ0v) is 13.0. The summed E-state index contributed by atoms with van der Waals surface area (Å²) in [6.07, 6.45) is 1.59. The second kappa shape index (κ2) is 7.03. The summed E-state index contributed by atoms with van der Waals surface area (Å²) in [4.78, 5) is 23.4. The van der Waals surface area contributed by atoms with Crippen molar-refractivity contribution < 1.29 is 9.59 Å². The average Bonchev–Trinajstić information content (AvgIpc) is 2.21. The van der Waals surface area contributed by atoms with Gasteiger partial charge in [-0.3, -0.25) is 9.59 Å². The van der Waals surface area contributed by atoms with Crippen LogP contribution in [0.5, 0.6) is 0 Å². The van der Waals surface area contributed by atoms with Gasteiger partial charge < -0.3 is 5.32 Å². The molecule has 18 heavy (non-hydrogen) atoms. The van der Waals surface area contributed by atoms with E-state index in [4.69, 9.17) is 0 Å². The van der Waals surface area contributed by atoms with E-state index < -0.39 is 0 Å². The first-order valence-corrected chi connectivity index (χ1v) is 6.88. The molecule has 2 unspecified atom stereocenters. The van der Waals surface area contributed by atoms with Crippen molar-refractivity contribution in [1.82, 2.24) is 5.32 Å². The molecule has 2 atom stereocenters. The molecule has 0 heterocycles. The minimum atomic E-state index is -0.206. The van der Waals surface area contributed by atoms with Crippen LogP contribution in [0.4, 0.5) is 0 Å². The van der Waals surface area contributed by atoms with Gasteiger partial charge in [0, 0.05) is 12.0 Å². The maximum Gasteiger partial charge on any atom is 0.147 e. The third-order valence-electron chi connectivity index (χ3n) is 3.53. The maximum absolute atomic E-state index is 11.8. The van der Waals surface area contributed by atoms with E-state index in [9.17, 15) is 9.59 Å². The molecular weight excluding hydrogens is 226 g/mol. The van der Waals surface area contributed by atoms with Crippen LogP contribution in [0.25, 0.3) is 0 Å². The summed E-state index contributed by atoms with van der Waals surface area (Å²) in [5.41, 5.74) is -0.206. The molecule has 0 aliphatic rings. The number of nitrogens with one attached hydrogen (secondary N) is 1. The molecule has 0 bridgehead atoms. The highest BCUT2D eigenvalue weighted by molar-refractivity contribution is 5.83. The van der Waals surface area contributed by atoms with E-state index in [2.05, 4.69) is 19.2 Å². The molecule has 0 aliphatic carbocycles. The van der Waals surface area contributed by atoms with Crippen molar-refractivity contribution in [3.8, 4) is 0 Å². The Kier molecular flexibility index (Phi) is 6.76. The molecule has 106 valence electrons. The molecule has 0 aromatic heterocycles. The van der Waals surface area contributed by atoms with Crippen LogP contribution in [-0.2, 0) is 9.59 Å². The van der Waals surface area contributed by atoms with Gasteiger partial charge in [-0.05, 0) is 32.1 Å². The zero-order valence-electron chi connectivity index (χ0n) is 13.0. The number of ketones is 2. The first kappa shape index (κ1) is 17.3. The van der Waals surface area contributed by atoms with E-state index in [1.165, 1.54) is 0 Å². The highest BCUT2D eigenvalue weighted by Crippen LogP contribution is 2.32. The molecule has 0 amide bonds. The third kappa shape index (κ3) is 5.30. The number of carbonyl (C=O) groups is 2. The molecule has 0 spiro atoms. The Bertz CT molecular complexity index is 295. The number of carbonyl (C=O) groups excluding carboxylic acids is 2. The number of hydrogen-bond donors (Lipinski definition) is 1. The third-order valence-corrected chi connectivity index (χ3v) is 3.53. The van der Waals surface area contributed by atoms with Crippen molar-refractivity contribution >= 4 is 11.6 Å². The summed E-state index contributed by atoms with van der Waals surface area (Å²) in [5, 5.41) is 3.33. The summed E-state index contributed by atoms with van der Waals surface area (Å²) >= 11 is 0. The van der Waals surface area contributed by atoms with E-state index in [0.717, 1.165) is 12.8 Å².